The van der Waals surface area contributed by atoms with Gasteiger partial charge in [0.2, 0.25) is 11.5 Å². The number of rotatable bonds is 5. The maximum absolute atomic E-state index is 11.7. The van der Waals surface area contributed by atoms with Crippen LogP contribution in [0.25, 0.3) is 11.3 Å². The first-order valence-corrected chi connectivity index (χ1v) is 6.87. The highest BCUT2D eigenvalue weighted by Gasteiger charge is 2.15. The lowest BCUT2D eigenvalue weighted by Crippen LogP contribution is -2.22. The molecule has 0 atom stereocenters. The maximum atomic E-state index is 11.7. The third-order valence-corrected chi connectivity index (χ3v) is 3.10. The second kappa shape index (κ2) is 6.66. The molecule has 0 unspecified atom stereocenters. The van der Waals surface area contributed by atoms with Crippen molar-refractivity contribution in [3.05, 3.63) is 53.4 Å². The second-order valence-electron chi connectivity index (χ2n) is 4.77. The lowest BCUT2D eigenvalue weighted by atomic mass is 10.1. The average molecular weight is 340 g/mol. The molecule has 2 aromatic heterocycles. The van der Waals surface area contributed by atoms with Crippen molar-refractivity contribution in [2.24, 2.45) is 5.10 Å². The van der Waals surface area contributed by atoms with E-state index in [2.05, 4.69) is 25.5 Å². The number of nitrogens with one attached hydrogen (secondary N) is 1. The van der Waals surface area contributed by atoms with Crippen molar-refractivity contribution in [1.82, 2.24) is 15.7 Å². The molecular weight excluding hydrogens is 330 g/mol. The lowest BCUT2D eigenvalue weighted by molar-refractivity contribution is -0.255. The van der Waals surface area contributed by atoms with Gasteiger partial charge in [-0.15, -0.1) is 0 Å². The average Bonchev–Trinajstić information content (AvgIpc) is 3.24. The standard InChI is InChI=1S/C15H11N5O5/c16-13-12(19-25-20-13)14(21)18-17-7-10-4-5-11(24-10)8-2-1-3-9(6-8)15(22)23/h1-7H,(H2,16,20)(H,18,21)(H,22,23)/p-1/b17-7-. The van der Waals surface area contributed by atoms with Gasteiger partial charge in [-0.1, -0.05) is 18.2 Å². The summed E-state index contributed by atoms with van der Waals surface area (Å²) in [7, 11) is 0. The number of hydrazone groups is 1. The van der Waals surface area contributed by atoms with E-state index < -0.39 is 11.9 Å². The third-order valence-electron chi connectivity index (χ3n) is 3.10. The number of furan rings is 1. The van der Waals surface area contributed by atoms with Crippen molar-refractivity contribution in [2.75, 3.05) is 5.73 Å². The van der Waals surface area contributed by atoms with Gasteiger partial charge in [-0.25, -0.2) is 10.1 Å². The first-order valence-electron chi connectivity index (χ1n) is 6.87. The summed E-state index contributed by atoms with van der Waals surface area (Å²) >= 11 is 0. The van der Waals surface area contributed by atoms with Crippen LogP contribution in [0.5, 0.6) is 0 Å². The highest BCUT2D eigenvalue weighted by atomic mass is 16.6. The lowest BCUT2D eigenvalue weighted by Gasteiger charge is -2.03. The monoisotopic (exact) mass is 340 g/mol. The van der Waals surface area contributed by atoms with E-state index >= 15 is 0 Å². The normalized spacial score (nSPS) is 10.9. The zero-order chi connectivity index (χ0) is 17.8. The van der Waals surface area contributed by atoms with E-state index in [0.717, 1.165) is 0 Å². The van der Waals surface area contributed by atoms with Crippen molar-refractivity contribution >= 4 is 23.9 Å². The molecule has 0 aliphatic rings. The number of nitrogens with two attached hydrogens (primary N) is 1. The SMILES string of the molecule is Nc1nonc1C(=O)N/N=C\c1ccc(-c2cccc(C(=O)[O-])c2)o1. The van der Waals surface area contributed by atoms with Crippen molar-refractivity contribution in [3.8, 4) is 11.3 Å². The minimum atomic E-state index is -1.28. The molecule has 0 aliphatic heterocycles. The van der Waals surface area contributed by atoms with Crippen LogP contribution in [0.3, 0.4) is 0 Å². The van der Waals surface area contributed by atoms with Gasteiger partial charge in [0.1, 0.15) is 11.5 Å². The summed E-state index contributed by atoms with van der Waals surface area (Å²) in [6.07, 6.45) is 1.26. The Hall–Kier alpha value is -3.95. The summed E-state index contributed by atoms with van der Waals surface area (Å²) in [6, 6.07) is 9.35. The molecule has 0 saturated carbocycles. The van der Waals surface area contributed by atoms with Crippen LogP contribution in [0.1, 0.15) is 26.6 Å². The Balaban J connectivity index is 1.69. The van der Waals surface area contributed by atoms with Crippen LogP contribution < -0.4 is 16.3 Å². The zero-order valence-corrected chi connectivity index (χ0v) is 12.5. The number of amides is 1. The molecule has 3 rings (SSSR count). The molecular formula is C15H10N5O5-. The topological polar surface area (TPSA) is 160 Å². The van der Waals surface area contributed by atoms with Crippen LogP contribution in [0.4, 0.5) is 5.82 Å². The van der Waals surface area contributed by atoms with E-state index in [-0.39, 0.29) is 17.1 Å². The number of benzene rings is 1. The molecule has 0 spiro atoms. The van der Waals surface area contributed by atoms with E-state index in [0.29, 0.717) is 17.1 Å². The number of hydrogen-bond donors (Lipinski definition) is 2. The quantitative estimate of drug-likeness (QED) is 0.486. The number of aromatic carboxylic acids is 1. The Morgan fingerprint density at radius 2 is 2.08 bits per heavy atom. The number of hydrogen-bond acceptors (Lipinski definition) is 9. The number of carboxylic acids is 1. The van der Waals surface area contributed by atoms with Gasteiger partial charge in [0.25, 0.3) is 5.91 Å². The van der Waals surface area contributed by atoms with Gasteiger partial charge in [-0.3, -0.25) is 4.79 Å². The van der Waals surface area contributed by atoms with Gasteiger partial charge >= 0.3 is 0 Å². The van der Waals surface area contributed by atoms with E-state index in [4.69, 9.17) is 10.2 Å². The molecule has 10 heteroatoms. The van der Waals surface area contributed by atoms with Crippen LogP contribution in [0, 0.1) is 0 Å². The summed E-state index contributed by atoms with van der Waals surface area (Å²) in [5.74, 6) is -1.36. The van der Waals surface area contributed by atoms with Crippen LogP contribution in [0.15, 0.2) is 50.5 Å². The molecule has 10 nitrogen and oxygen atoms in total. The molecule has 0 radical (unpaired) electrons. The van der Waals surface area contributed by atoms with E-state index in [1.54, 1.807) is 24.3 Å². The Kier molecular flexibility index (Phi) is 4.24. The fraction of sp³-hybridized carbons (Fsp3) is 0. The Morgan fingerprint density at radius 3 is 2.80 bits per heavy atom. The van der Waals surface area contributed by atoms with E-state index in [1.807, 2.05) is 0 Å². The number of carbonyl (C=O) groups is 2. The number of nitrogen functional groups attached to an aromatic ring is 1. The fourth-order valence-corrected chi connectivity index (χ4v) is 1.94. The summed E-state index contributed by atoms with van der Waals surface area (Å²) in [4.78, 5) is 22.6. The fourth-order valence-electron chi connectivity index (χ4n) is 1.94. The summed E-state index contributed by atoms with van der Waals surface area (Å²) in [5, 5.41) is 21.2. The molecule has 2 heterocycles. The van der Waals surface area contributed by atoms with Crippen LogP contribution in [0.2, 0.25) is 0 Å². The number of anilines is 1. The van der Waals surface area contributed by atoms with Gasteiger partial charge in [0.05, 0.1) is 12.2 Å². The van der Waals surface area contributed by atoms with Crippen molar-refractivity contribution < 1.29 is 23.7 Å². The van der Waals surface area contributed by atoms with Gasteiger partial charge < -0.3 is 20.1 Å². The van der Waals surface area contributed by atoms with Crippen LogP contribution >= 0.6 is 0 Å². The molecule has 1 amide bonds. The van der Waals surface area contributed by atoms with E-state index in [1.165, 1.54) is 18.3 Å². The minimum Gasteiger partial charge on any atom is -0.545 e. The van der Waals surface area contributed by atoms with Crippen molar-refractivity contribution in [1.29, 1.82) is 0 Å². The molecule has 25 heavy (non-hydrogen) atoms. The van der Waals surface area contributed by atoms with E-state index in [9.17, 15) is 14.7 Å². The molecule has 0 bridgehead atoms. The largest absolute Gasteiger partial charge is 0.545 e. The molecule has 3 aromatic rings. The van der Waals surface area contributed by atoms with Crippen molar-refractivity contribution in [2.45, 2.75) is 0 Å². The number of carboxylic acid groups (broad SMARTS) is 1. The molecule has 3 N–H and O–H groups in total. The number of nitrogens with zero attached hydrogens (tertiary/aromatic N) is 3. The van der Waals surface area contributed by atoms with Crippen LogP contribution in [-0.4, -0.2) is 28.4 Å². The Morgan fingerprint density at radius 1 is 1.24 bits per heavy atom. The van der Waals surface area contributed by atoms with Gasteiger partial charge in [-0.05, 0) is 34.1 Å². The predicted octanol–water partition coefficient (Wildman–Crippen LogP) is 0.0392. The predicted molar refractivity (Wildman–Crippen MR) is 82.2 cm³/mol. The summed E-state index contributed by atoms with van der Waals surface area (Å²) in [6.45, 7) is 0. The number of aromatic nitrogens is 2. The first-order chi connectivity index (χ1) is 12.0. The Bertz CT molecular complexity index is 959. The number of carbonyl (C=O) groups excluding carboxylic acids is 2. The first kappa shape index (κ1) is 15.9. The molecule has 126 valence electrons. The highest BCUT2D eigenvalue weighted by Crippen LogP contribution is 2.22. The smallest absolute Gasteiger partial charge is 0.297 e. The Labute approximate surface area is 139 Å². The molecule has 0 saturated heterocycles. The minimum absolute atomic E-state index is 0.0372. The molecule has 0 aliphatic carbocycles. The van der Waals surface area contributed by atoms with Crippen molar-refractivity contribution in [3.63, 3.8) is 0 Å². The maximum Gasteiger partial charge on any atom is 0.297 e. The molecule has 0 fully saturated rings. The zero-order valence-electron chi connectivity index (χ0n) is 12.5. The van der Waals surface area contributed by atoms with Gasteiger partial charge in [0.15, 0.2) is 0 Å². The van der Waals surface area contributed by atoms with Gasteiger partial charge in [0, 0.05) is 5.56 Å². The summed E-state index contributed by atoms with van der Waals surface area (Å²) < 4.78 is 9.82. The van der Waals surface area contributed by atoms with Crippen LogP contribution in [-0.2, 0) is 0 Å². The summed E-state index contributed by atoms with van der Waals surface area (Å²) in [5.41, 5.74) is 7.99. The van der Waals surface area contributed by atoms with Gasteiger partial charge in [-0.2, -0.15) is 5.10 Å². The second-order valence-corrected chi connectivity index (χ2v) is 4.77. The highest BCUT2D eigenvalue weighted by molar-refractivity contribution is 5.96. The third kappa shape index (κ3) is 3.52. The molecule has 1 aromatic carbocycles.